The molecule has 1 aromatic carbocycles. The van der Waals surface area contributed by atoms with Crippen molar-refractivity contribution in [1.29, 1.82) is 0 Å². The van der Waals surface area contributed by atoms with Gasteiger partial charge in [-0.2, -0.15) is 0 Å². The molecule has 0 N–H and O–H groups in total. The molecule has 5 nitrogen and oxygen atoms in total. The van der Waals surface area contributed by atoms with Gasteiger partial charge in [-0.15, -0.1) is 0 Å². The molecule has 3 aromatic rings. The molecule has 0 amide bonds. The van der Waals surface area contributed by atoms with E-state index in [4.69, 9.17) is 0 Å². The van der Waals surface area contributed by atoms with Crippen molar-refractivity contribution in [3.63, 3.8) is 0 Å². The third-order valence-corrected chi connectivity index (χ3v) is 4.35. The third-order valence-electron chi connectivity index (χ3n) is 4.35. The Bertz CT molecular complexity index is 820. The van der Waals surface area contributed by atoms with Crippen LogP contribution in [0, 0.1) is 6.92 Å². The van der Waals surface area contributed by atoms with Gasteiger partial charge in [0.1, 0.15) is 17.5 Å². The normalized spacial score (nSPS) is 10.6. The molecule has 0 aliphatic rings. The number of aryl methyl sites for hydroxylation is 1. The first-order chi connectivity index (χ1) is 12.7. The van der Waals surface area contributed by atoms with E-state index in [1.54, 1.807) is 0 Å². The fourth-order valence-corrected chi connectivity index (χ4v) is 2.92. The second-order valence-electron chi connectivity index (χ2n) is 6.24. The standard InChI is InChI=1S/C21H25N5/c1-4-26(19-8-6-5-7-9-19)21-16-20(23-17(2)24-21)25(3)15-12-18-10-13-22-14-11-18/h5-11,13-14,16H,4,12,15H2,1-3H3. The molecule has 0 fully saturated rings. The van der Waals surface area contributed by atoms with Gasteiger partial charge < -0.3 is 9.80 Å². The molecule has 0 atom stereocenters. The Balaban J connectivity index is 1.80. The highest BCUT2D eigenvalue weighted by Gasteiger charge is 2.13. The van der Waals surface area contributed by atoms with Crippen molar-refractivity contribution in [3.05, 3.63) is 72.3 Å². The number of likely N-dealkylation sites (N-methyl/N-ethyl adjacent to an activating group) is 1. The van der Waals surface area contributed by atoms with Crippen molar-refractivity contribution >= 4 is 17.3 Å². The quantitative estimate of drug-likeness (QED) is 0.646. The van der Waals surface area contributed by atoms with E-state index < -0.39 is 0 Å². The van der Waals surface area contributed by atoms with Gasteiger partial charge in [0.15, 0.2) is 0 Å². The lowest BCUT2D eigenvalue weighted by Crippen LogP contribution is -2.24. The molecule has 0 radical (unpaired) electrons. The molecule has 0 unspecified atom stereocenters. The van der Waals surface area contributed by atoms with Gasteiger partial charge in [-0.05, 0) is 50.1 Å². The van der Waals surface area contributed by atoms with E-state index >= 15 is 0 Å². The number of aromatic nitrogens is 3. The predicted octanol–water partition coefficient (Wildman–Crippen LogP) is 4.02. The molecule has 0 bridgehead atoms. The van der Waals surface area contributed by atoms with Crippen LogP contribution in [0.5, 0.6) is 0 Å². The largest absolute Gasteiger partial charge is 0.359 e. The van der Waals surface area contributed by atoms with Gasteiger partial charge in [0.25, 0.3) is 0 Å². The number of anilines is 3. The van der Waals surface area contributed by atoms with Crippen LogP contribution in [0.25, 0.3) is 0 Å². The Labute approximate surface area is 155 Å². The highest BCUT2D eigenvalue weighted by atomic mass is 15.2. The number of para-hydroxylation sites is 1. The van der Waals surface area contributed by atoms with Gasteiger partial charge in [-0.3, -0.25) is 4.98 Å². The number of hydrogen-bond acceptors (Lipinski definition) is 5. The monoisotopic (exact) mass is 347 g/mol. The smallest absolute Gasteiger partial charge is 0.138 e. The Hall–Kier alpha value is -2.95. The first kappa shape index (κ1) is 17.9. The molecular weight excluding hydrogens is 322 g/mol. The Morgan fingerprint density at radius 3 is 2.31 bits per heavy atom. The second kappa shape index (κ2) is 8.43. The summed E-state index contributed by atoms with van der Waals surface area (Å²) in [4.78, 5) is 17.7. The minimum atomic E-state index is 0.780. The van der Waals surface area contributed by atoms with E-state index in [0.717, 1.165) is 42.7 Å². The van der Waals surface area contributed by atoms with Crippen molar-refractivity contribution in [2.45, 2.75) is 20.3 Å². The molecule has 2 heterocycles. The fourth-order valence-electron chi connectivity index (χ4n) is 2.92. The summed E-state index contributed by atoms with van der Waals surface area (Å²) >= 11 is 0. The lowest BCUT2D eigenvalue weighted by molar-refractivity contribution is 0.843. The molecule has 2 aromatic heterocycles. The summed E-state index contributed by atoms with van der Waals surface area (Å²) in [5, 5.41) is 0. The summed E-state index contributed by atoms with van der Waals surface area (Å²) in [6.45, 7) is 5.82. The van der Waals surface area contributed by atoms with Gasteiger partial charge in [0, 0.05) is 44.3 Å². The topological polar surface area (TPSA) is 45.2 Å². The summed E-state index contributed by atoms with van der Waals surface area (Å²) in [5.74, 6) is 2.65. The fraction of sp³-hybridized carbons (Fsp3) is 0.286. The zero-order valence-corrected chi connectivity index (χ0v) is 15.6. The van der Waals surface area contributed by atoms with E-state index in [9.17, 15) is 0 Å². The SMILES string of the molecule is CCN(c1ccccc1)c1cc(N(C)CCc2ccncc2)nc(C)n1. The lowest BCUT2D eigenvalue weighted by atomic mass is 10.2. The Morgan fingerprint density at radius 1 is 0.923 bits per heavy atom. The molecule has 134 valence electrons. The van der Waals surface area contributed by atoms with Gasteiger partial charge in [-0.1, -0.05) is 18.2 Å². The van der Waals surface area contributed by atoms with Crippen LogP contribution in [0.4, 0.5) is 17.3 Å². The molecule has 0 aliphatic carbocycles. The number of hydrogen-bond donors (Lipinski definition) is 0. The Kier molecular flexibility index (Phi) is 5.79. The first-order valence-corrected chi connectivity index (χ1v) is 8.95. The first-order valence-electron chi connectivity index (χ1n) is 8.95. The molecular formula is C21H25N5. The Morgan fingerprint density at radius 2 is 1.62 bits per heavy atom. The highest BCUT2D eigenvalue weighted by molar-refractivity contribution is 5.62. The summed E-state index contributed by atoms with van der Waals surface area (Å²) in [7, 11) is 2.07. The van der Waals surface area contributed by atoms with E-state index in [-0.39, 0.29) is 0 Å². The summed E-state index contributed by atoms with van der Waals surface area (Å²) in [5.41, 5.74) is 2.41. The zero-order valence-electron chi connectivity index (χ0n) is 15.6. The minimum absolute atomic E-state index is 0.780. The van der Waals surface area contributed by atoms with Crippen LogP contribution >= 0.6 is 0 Å². The third kappa shape index (κ3) is 4.36. The van der Waals surface area contributed by atoms with Crippen LogP contribution in [0.2, 0.25) is 0 Å². The number of rotatable bonds is 7. The molecule has 26 heavy (non-hydrogen) atoms. The van der Waals surface area contributed by atoms with E-state index in [2.05, 4.69) is 69.1 Å². The van der Waals surface area contributed by atoms with Crippen molar-refractivity contribution in [2.75, 3.05) is 29.9 Å². The van der Waals surface area contributed by atoms with E-state index in [1.165, 1.54) is 5.56 Å². The summed E-state index contributed by atoms with van der Waals surface area (Å²) in [6.07, 6.45) is 4.62. The molecule has 0 aliphatic heterocycles. The number of nitrogens with zero attached hydrogens (tertiary/aromatic N) is 5. The summed E-state index contributed by atoms with van der Waals surface area (Å²) < 4.78 is 0. The van der Waals surface area contributed by atoms with Crippen molar-refractivity contribution < 1.29 is 0 Å². The van der Waals surface area contributed by atoms with Gasteiger partial charge in [-0.25, -0.2) is 9.97 Å². The maximum absolute atomic E-state index is 4.66. The van der Waals surface area contributed by atoms with Gasteiger partial charge >= 0.3 is 0 Å². The number of benzene rings is 1. The van der Waals surface area contributed by atoms with Crippen LogP contribution in [-0.2, 0) is 6.42 Å². The average Bonchev–Trinajstić information content (AvgIpc) is 2.68. The lowest BCUT2D eigenvalue weighted by Gasteiger charge is -2.25. The second-order valence-corrected chi connectivity index (χ2v) is 6.24. The molecule has 0 saturated carbocycles. The van der Waals surface area contributed by atoms with Gasteiger partial charge in [0.05, 0.1) is 0 Å². The molecule has 3 rings (SSSR count). The van der Waals surface area contributed by atoms with Crippen LogP contribution in [-0.4, -0.2) is 35.1 Å². The predicted molar refractivity (Wildman–Crippen MR) is 107 cm³/mol. The van der Waals surface area contributed by atoms with E-state index in [0.29, 0.717) is 0 Å². The maximum Gasteiger partial charge on any atom is 0.138 e. The summed E-state index contributed by atoms with van der Waals surface area (Å²) in [6, 6.07) is 16.5. The molecule has 5 heteroatoms. The van der Waals surface area contributed by atoms with Crippen LogP contribution < -0.4 is 9.80 Å². The zero-order chi connectivity index (χ0) is 18.4. The average molecular weight is 347 g/mol. The van der Waals surface area contributed by atoms with Crippen LogP contribution in [0.15, 0.2) is 60.9 Å². The number of pyridine rings is 1. The minimum Gasteiger partial charge on any atom is -0.359 e. The molecule has 0 saturated heterocycles. The van der Waals surface area contributed by atoms with Crippen molar-refractivity contribution in [2.24, 2.45) is 0 Å². The van der Waals surface area contributed by atoms with Crippen molar-refractivity contribution in [1.82, 2.24) is 15.0 Å². The van der Waals surface area contributed by atoms with Crippen molar-refractivity contribution in [3.8, 4) is 0 Å². The van der Waals surface area contributed by atoms with E-state index in [1.807, 2.05) is 37.5 Å². The van der Waals surface area contributed by atoms with Crippen LogP contribution in [0.1, 0.15) is 18.3 Å². The van der Waals surface area contributed by atoms with Crippen LogP contribution in [0.3, 0.4) is 0 Å². The molecule has 0 spiro atoms. The maximum atomic E-state index is 4.66. The highest BCUT2D eigenvalue weighted by Crippen LogP contribution is 2.25. The van der Waals surface area contributed by atoms with Gasteiger partial charge in [0.2, 0.25) is 0 Å².